The predicted octanol–water partition coefficient (Wildman–Crippen LogP) is 3.66. The SMILES string of the molecule is O=C(CSc1nnnn1C[C@H]1CCCO1)N1N=C(c2cc3ccccc3o2)C[C@H]1c1ccco1. The molecule has 2 aliphatic rings. The molecule has 0 aliphatic carbocycles. The fraction of sp³-hybridized carbons (Fsp3) is 0.348. The van der Waals surface area contributed by atoms with Crippen molar-refractivity contribution in [1.29, 1.82) is 0 Å². The monoisotopic (exact) mass is 478 g/mol. The molecule has 10 nitrogen and oxygen atoms in total. The number of thioether (sulfide) groups is 1. The van der Waals surface area contributed by atoms with E-state index in [0.717, 1.165) is 30.4 Å². The van der Waals surface area contributed by atoms with Gasteiger partial charge in [0.1, 0.15) is 23.1 Å². The molecule has 0 bridgehead atoms. The third-order valence-electron chi connectivity index (χ3n) is 5.97. The van der Waals surface area contributed by atoms with Crippen molar-refractivity contribution in [2.24, 2.45) is 5.10 Å². The molecule has 174 valence electrons. The lowest BCUT2D eigenvalue weighted by Gasteiger charge is -2.19. The number of carbonyl (C=O) groups is 1. The van der Waals surface area contributed by atoms with Crippen LogP contribution in [0.4, 0.5) is 0 Å². The molecule has 0 spiro atoms. The van der Waals surface area contributed by atoms with Crippen LogP contribution in [0.15, 0.2) is 67.8 Å². The van der Waals surface area contributed by atoms with E-state index in [4.69, 9.17) is 13.6 Å². The van der Waals surface area contributed by atoms with Gasteiger partial charge in [-0.15, -0.1) is 5.10 Å². The largest absolute Gasteiger partial charge is 0.467 e. The summed E-state index contributed by atoms with van der Waals surface area (Å²) in [5.74, 6) is 1.31. The van der Waals surface area contributed by atoms with E-state index in [-0.39, 0.29) is 23.8 Å². The number of ether oxygens (including phenoxy) is 1. The first-order valence-electron chi connectivity index (χ1n) is 11.2. The number of nitrogens with zero attached hydrogens (tertiary/aromatic N) is 6. The molecule has 2 atom stereocenters. The van der Waals surface area contributed by atoms with Crippen LogP contribution in [0.5, 0.6) is 0 Å². The quantitative estimate of drug-likeness (QED) is 0.370. The number of hydrogen-bond donors (Lipinski definition) is 0. The van der Waals surface area contributed by atoms with Gasteiger partial charge in [-0.25, -0.2) is 9.69 Å². The number of tetrazole rings is 1. The van der Waals surface area contributed by atoms with E-state index in [2.05, 4.69) is 20.6 Å². The zero-order valence-corrected chi connectivity index (χ0v) is 19.1. The molecular formula is C23H22N6O4S. The molecule has 0 unspecified atom stereocenters. The van der Waals surface area contributed by atoms with Crippen molar-refractivity contribution in [3.8, 4) is 0 Å². The van der Waals surface area contributed by atoms with Gasteiger partial charge in [-0.2, -0.15) is 5.10 Å². The second-order valence-electron chi connectivity index (χ2n) is 8.24. The highest BCUT2D eigenvalue weighted by molar-refractivity contribution is 7.99. The molecule has 5 heterocycles. The third kappa shape index (κ3) is 4.12. The maximum atomic E-state index is 13.3. The van der Waals surface area contributed by atoms with Gasteiger partial charge in [0.2, 0.25) is 5.16 Å². The van der Waals surface area contributed by atoms with Crippen LogP contribution in [0.3, 0.4) is 0 Å². The molecule has 0 N–H and O–H groups in total. The van der Waals surface area contributed by atoms with E-state index in [1.54, 1.807) is 10.9 Å². The molecule has 3 aromatic heterocycles. The number of para-hydroxylation sites is 1. The average molecular weight is 479 g/mol. The summed E-state index contributed by atoms with van der Waals surface area (Å²) < 4.78 is 19.0. The number of carbonyl (C=O) groups excluding carboxylic acids is 1. The summed E-state index contributed by atoms with van der Waals surface area (Å²) in [5, 5.41) is 19.6. The van der Waals surface area contributed by atoms with E-state index in [9.17, 15) is 4.79 Å². The molecule has 4 aromatic rings. The molecular weight excluding hydrogens is 456 g/mol. The number of amides is 1. The Morgan fingerprint density at radius 1 is 1.21 bits per heavy atom. The van der Waals surface area contributed by atoms with Gasteiger partial charge in [0.05, 0.1) is 24.7 Å². The maximum Gasteiger partial charge on any atom is 0.253 e. The Balaban J connectivity index is 1.20. The Bertz CT molecular complexity index is 1290. The Morgan fingerprint density at radius 2 is 2.15 bits per heavy atom. The van der Waals surface area contributed by atoms with Gasteiger partial charge in [0.25, 0.3) is 5.91 Å². The minimum absolute atomic E-state index is 0.108. The number of furan rings is 2. The molecule has 1 fully saturated rings. The summed E-state index contributed by atoms with van der Waals surface area (Å²) in [7, 11) is 0. The number of benzene rings is 1. The maximum absolute atomic E-state index is 13.3. The lowest BCUT2D eigenvalue weighted by molar-refractivity contribution is -0.130. The van der Waals surface area contributed by atoms with E-state index < -0.39 is 0 Å². The molecule has 6 rings (SSSR count). The zero-order chi connectivity index (χ0) is 22.9. The van der Waals surface area contributed by atoms with Crippen LogP contribution in [0.1, 0.15) is 36.8 Å². The summed E-state index contributed by atoms with van der Waals surface area (Å²) in [4.78, 5) is 13.3. The third-order valence-corrected chi connectivity index (χ3v) is 6.91. The van der Waals surface area contributed by atoms with Crippen LogP contribution in [0.25, 0.3) is 11.0 Å². The number of aromatic nitrogens is 4. The predicted molar refractivity (Wildman–Crippen MR) is 123 cm³/mol. The van der Waals surface area contributed by atoms with Crippen molar-refractivity contribution < 1.29 is 18.4 Å². The van der Waals surface area contributed by atoms with Gasteiger partial charge >= 0.3 is 0 Å². The first-order valence-corrected chi connectivity index (χ1v) is 12.2. The molecule has 2 aliphatic heterocycles. The smallest absolute Gasteiger partial charge is 0.253 e. The molecule has 0 saturated carbocycles. The first-order chi connectivity index (χ1) is 16.7. The highest BCUT2D eigenvalue weighted by Gasteiger charge is 2.36. The average Bonchev–Trinajstić information content (AvgIpc) is 3.66. The van der Waals surface area contributed by atoms with Crippen molar-refractivity contribution in [3.63, 3.8) is 0 Å². The lowest BCUT2D eigenvalue weighted by Crippen LogP contribution is -2.28. The van der Waals surface area contributed by atoms with E-state index >= 15 is 0 Å². The second-order valence-corrected chi connectivity index (χ2v) is 9.18. The van der Waals surface area contributed by atoms with Crippen molar-refractivity contribution in [1.82, 2.24) is 25.2 Å². The number of hydrogen-bond acceptors (Lipinski definition) is 9. The number of fused-ring (bicyclic) bond motifs is 1. The Morgan fingerprint density at radius 3 is 2.97 bits per heavy atom. The second kappa shape index (κ2) is 9.07. The Kier molecular flexibility index (Phi) is 5.63. The molecule has 1 aromatic carbocycles. The summed E-state index contributed by atoms with van der Waals surface area (Å²) in [6, 6.07) is 13.1. The van der Waals surface area contributed by atoms with E-state index in [1.807, 2.05) is 42.5 Å². The van der Waals surface area contributed by atoms with Crippen molar-refractivity contribution in [2.45, 2.75) is 43.1 Å². The molecule has 1 amide bonds. The normalized spacial score (nSPS) is 20.4. The molecule has 11 heteroatoms. The number of hydrazone groups is 1. The van der Waals surface area contributed by atoms with Crippen LogP contribution in [-0.4, -0.2) is 55.3 Å². The fourth-order valence-corrected chi connectivity index (χ4v) is 5.04. The van der Waals surface area contributed by atoms with Gasteiger partial charge in [-0.05, 0) is 47.5 Å². The molecule has 0 radical (unpaired) electrons. The molecule has 1 saturated heterocycles. The van der Waals surface area contributed by atoms with Gasteiger partial charge in [0.15, 0.2) is 5.76 Å². The van der Waals surface area contributed by atoms with Crippen LogP contribution >= 0.6 is 11.8 Å². The Labute approximate surface area is 198 Å². The summed E-state index contributed by atoms with van der Waals surface area (Å²) >= 11 is 1.29. The lowest BCUT2D eigenvalue weighted by atomic mass is 10.1. The van der Waals surface area contributed by atoms with Crippen LogP contribution in [0, 0.1) is 0 Å². The first kappa shape index (κ1) is 21.1. The molecule has 34 heavy (non-hydrogen) atoms. The van der Waals surface area contributed by atoms with Gasteiger partial charge in [-0.1, -0.05) is 30.0 Å². The minimum atomic E-state index is -0.339. The van der Waals surface area contributed by atoms with Crippen molar-refractivity contribution in [3.05, 3.63) is 60.2 Å². The van der Waals surface area contributed by atoms with Crippen LogP contribution in [-0.2, 0) is 16.1 Å². The van der Waals surface area contributed by atoms with E-state index in [1.165, 1.54) is 16.8 Å². The van der Waals surface area contributed by atoms with E-state index in [0.29, 0.717) is 35.4 Å². The Hall–Kier alpha value is -3.44. The number of rotatable bonds is 7. The standard InChI is InChI=1S/C23H22N6O4S/c30-22(14-34-23-24-26-27-28(23)13-16-6-3-9-31-16)29-18(20-8-4-10-32-20)12-17(25-29)21-11-15-5-1-2-7-19(15)33-21/h1-2,4-5,7-8,10-11,16,18H,3,6,9,12-14H2/t16-,18+/m1/s1. The summed E-state index contributed by atoms with van der Waals surface area (Å²) in [5.41, 5.74) is 1.49. The van der Waals surface area contributed by atoms with Gasteiger partial charge < -0.3 is 13.6 Å². The van der Waals surface area contributed by atoms with Crippen LogP contribution in [0.2, 0.25) is 0 Å². The highest BCUT2D eigenvalue weighted by atomic mass is 32.2. The summed E-state index contributed by atoms with van der Waals surface area (Å²) in [6.45, 7) is 1.35. The van der Waals surface area contributed by atoms with Gasteiger partial charge in [-0.3, -0.25) is 4.79 Å². The van der Waals surface area contributed by atoms with Crippen molar-refractivity contribution in [2.75, 3.05) is 12.4 Å². The van der Waals surface area contributed by atoms with Crippen LogP contribution < -0.4 is 0 Å². The topological polar surface area (TPSA) is 112 Å². The van der Waals surface area contributed by atoms with Gasteiger partial charge in [0, 0.05) is 18.4 Å². The van der Waals surface area contributed by atoms with Crippen molar-refractivity contribution >= 4 is 34.3 Å². The minimum Gasteiger partial charge on any atom is -0.467 e. The fourth-order valence-electron chi connectivity index (χ4n) is 4.30. The highest BCUT2D eigenvalue weighted by Crippen LogP contribution is 2.35. The zero-order valence-electron chi connectivity index (χ0n) is 18.2. The summed E-state index contributed by atoms with van der Waals surface area (Å²) in [6.07, 6.45) is 4.24.